The standard InChI is InChI=1S/C16H13ClN2O3/c1-18(2)11-4-6-12(7-5-11)19-15(20)13-9-10(17)3-8-14(13)22-16(19)21/h3-9H,1-2H3. The van der Waals surface area contributed by atoms with Crippen LogP contribution in [0.3, 0.4) is 0 Å². The number of benzene rings is 2. The molecule has 0 spiro atoms. The first-order valence-electron chi connectivity index (χ1n) is 6.60. The summed E-state index contributed by atoms with van der Waals surface area (Å²) in [5.41, 5.74) is 1.18. The summed E-state index contributed by atoms with van der Waals surface area (Å²) in [5.74, 6) is -0.725. The lowest BCUT2D eigenvalue weighted by Crippen LogP contribution is -2.30. The molecular weight excluding hydrogens is 304 g/mol. The Hall–Kier alpha value is -2.53. The van der Waals surface area contributed by atoms with Crippen LogP contribution in [0.5, 0.6) is 0 Å². The van der Waals surface area contributed by atoms with E-state index in [2.05, 4.69) is 0 Å². The molecule has 0 aliphatic rings. The van der Waals surface area contributed by atoms with E-state index < -0.39 is 11.3 Å². The second kappa shape index (κ2) is 5.35. The molecule has 6 heteroatoms. The summed E-state index contributed by atoms with van der Waals surface area (Å²) < 4.78 is 6.20. The molecule has 112 valence electrons. The summed E-state index contributed by atoms with van der Waals surface area (Å²) in [6.45, 7) is 0. The summed E-state index contributed by atoms with van der Waals surface area (Å²) in [6, 6.07) is 11.6. The monoisotopic (exact) mass is 316 g/mol. The number of nitrogens with zero attached hydrogens (tertiary/aromatic N) is 2. The third-order valence-corrected chi connectivity index (χ3v) is 3.61. The third-order valence-electron chi connectivity index (χ3n) is 3.38. The van der Waals surface area contributed by atoms with Crippen molar-refractivity contribution in [1.82, 2.24) is 4.57 Å². The van der Waals surface area contributed by atoms with Crippen molar-refractivity contribution in [3.63, 3.8) is 0 Å². The Morgan fingerprint density at radius 1 is 1.05 bits per heavy atom. The Kier molecular flexibility index (Phi) is 3.50. The van der Waals surface area contributed by atoms with Gasteiger partial charge in [0.1, 0.15) is 5.58 Å². The average molecular weight is 317 g/mol. The number of hydrogen-bond acceptors (Lipinski definition) is 4. The van der Waals surface area contributed by atoms with Crippen molar-refractivity contribution >= 4 is 28.3 Å². The minimum Gasteiger partial charge on any atom is -0.409 e. The zero-order valence-corrected chi connectivity index (χ0v) is 12.8. The van der Waals surface area contributed by atoms with Gasteiger partial charge in [0.05, 0.1) is 11.1 Å². The fourth-order valence-corrected chi connectivity index (χ4v) is 2.40. The maximum Gasteiger partial charge on any atom is 0.426 e. The molecular formula is C16H13ClN2O3. The predicted octanol–water partition coefficient (Wildman–Crippen LogP) is 2.66. The normalized spacial score (nSPS) is 10.9. The molecule has 22 heavy (non-hydrogen) atoms. The lowest BCUT2D eigenvalue weighted by molar-refractivity contribution is 0.504. The second-order valence-corrected chi connectivity index (χ2v) is 5.50. The van der Waals surface area contributed by atoms with Gasteiger partial charge in [-0.05, 0) is 42.5 Å². The zero-order valence-electron chi connectivity index (χ0n) is 12.0. The van der Waals surface area contributed by atoms with E-state index in [1.54, 1.807) is 18.2 Å². The highest BCUT2D eigenvalue weighted by Gasteiger charge is 2.12. The van der Waals surface area contributed by atoms with E-state index >= 15 is 0 Å². The number of hydrogen-bond donors (Lipinski definition) is 0. The topological polar surface area (TPSA) is 55.5 Å². The lowest BCUT2D eigenvalue weighted by Gasteiger charge is -2.13. The van der Waals surface area contributed by atoms with Crippen LogP contribution in [0.15, 0.2) is 56.5 Å². The van der Waals surface area contributed by atoms with Gasteiger partial charge in [0.2, 0.25) is 0 Å². The van der Waals surface area contributed by atoms with Crippen LogP contribution in [0.25, 0.3) is 16.7 Å². The Morgan fingerprint density at radius 3 is 2.36 bits per heavy atom. The molecule has 0 aliphatic heterocycles. The summed E-state index contributed by atoms with van der Waals surface area (Å²) in [4.78, 5) is 26.6. The van der Waals surface area contributed by atoms with Crippen molar-refractivity contribution in [2.45, 2.75) is 0 Å². The molecule has 0 N–H and O–H groups in total. The van der Waals surface area contributed by atoms with E-state index in [9.17, 15) is 9.59 Å². The summed E-state index contributed by atoms with van der Waals surface area (Å²) in [6.07, 6.45) is 0. The quantitative estimate of drug-likeness (QED) is 0.729. The molecule has 0 saturated heterocycles. The van der Waals surface area contributed by atoms with Crippen LogP contribution in [-0.4, -0.2) is 18.7 Å². The first-order chi connectivity index (χ1) is 10.5. The third kappa shape index (κ3) is 2.40. The van der Waals surface area contributed by atoms with Crippen LogP contribution in [0.2, 0.25) is 5.02 Å². The largest absolute Gasteiger partial charge is 0.426 e. The Balaban J connectivity index is 2.26. The molecule has 0 fully saturated rings. The molecule has 0 aliphatic carbocycles. The van der Waals surface area contributed by atoms with E-state index in [0.717, 1.165) is 10.3 Å². The van der Waals surface area contributed by atoms with Crippen LogP contribution in [0, 0.1) is 0 Å². The number of rotatable bonds is 2. The van der Waals surface area contributed by atoms with E-state index in [1.165, 1.54) is 12.1 Å². The summed E-state index contributed by atoms with van der Waals surface area (Å²) >= 11 is 5.91. The van der Waals surface area contributed by atoms with Crippen LogP contribution in [0.4, 0.5) is 5.69 Å². The van der Waals surface area contributed by atoms with E-state index in [4.69, 9.17) is 16.0 Å². The molecule has 0 saturated carbocycles. The van der Waals surface area contributed by atoms with Crippen LogP contribution >= 0.6 is 11.6 Å². The first kappa shape index (κ1) is 14.4. The molecule has 2 aromatic carbocycles. The summed E-state index contributed by atoms with van der Waals surface area (Å²) in [7, 11) is 3.82. The lowest BCUT2D eigenvalue weighted by atomic mass is 10.2. The number of fused-ring (bicyclic) bond motifs is 1. The van der Waals surface area contributed by atoms with Crippen LogP contribution in [-0.2, 0) is 0 Å². The fraction of sp³-hybridized carbons (Fsp3) is 0.125. The van der Waals surface area contributed by atoms with E-state index in [1.807, 2.05) is 31.1 Å². The Labute approximate surface area is 131 Å². The Bertz CT molecular complexity index is 956. The minimum atomic E-state index is -0.725. The molecule has 0 unspecified atom stereocenters. The van der Waals surface area contributed by atoms with Crippen molar-refractivity contribution in [2.24, 2.45) is 0 Å². The average Bonchev–Trinajstić information content (AvgIpc) is 2.49. The molecule has 1 aromatic heterocycles. The van der Waals surface area contributed by atoms with Crippen molar-refractivity contribution < 1.29 is 4.42 Å². The molecule has 3 rings (SSSR count). The van der Waals surface area contributed by atoms with Gasteiger partial charge in [-0.25, -0.2) is 9.36 Å². The van der Waals surface area contributed by atoms with Gasteiger partial charge >= 0.3 is 5.76 Å². The molecule has 5 nitrogen and oxygen atoms in total. The minimum absolute atomic E-state index is 0.223. The Morgan fingerprint density at radius 2 is 1.73 bits per heavy atom. The first-order valence-corrected chi connectivity index (χ1v) is 6.98. The van der Waals surface area contributed by atoms with Gasteiger partial charge in [0, 0.05) is 24.8 Å². The zero-order chi connectivity index (χ0) is 15.9. The maximum atomic E-state index is 12.6. The number of anilines is 1. The van der Waals surface area contributed by atoms with Crippen LogP contribution < -0.4 is 16.2 Å². The highest BCUT2D eigenvalue weighted by molar-refractivity contribution is 6.31. The van der Waals surface area contributed by atoms with Crippen molar-refractivity contribution in [1.29, 1.82) is 0 Å². The molecule has 1 heterocycles. The number of aromatic nitrogens is 1. The maximum absolute atomic E-state index is 12.6. The predicted molar refractivity (Wildman–Crippen MR) is 87.4 cm³/mol. The fourth-order valence-electron chi connectivity index (χ4n) is 2.22. The highest BCUT2D eigenvalue weighted by Crippen LogP contribution is 2.17. The van der Waals surface area contributed by atoms with Gasteiger partial charge in [0.15, 0.2) is 0 Å². The molecule has 0 bridgehead atoms. The molecule has 0 radical (unpaired) electrons. The van der Waals surface area contributed by atoms with Crippen molar-refractivity contribution in [2.75, 3.05) is 19.0 Å². The molecule has 3 aromatic rings. The van der Waals surface area contributed by atoms with Gasteiger partial charge in [-0.1, -0.05) is 11.6 Å². The van der Waals surface area contributed by atoms with E-state index in [-0.39, 0.29) is 11.0 Å². The summed E-state index contributed by atoms with van der Waals surface area (Å²) in [5, 5.41) is 0.678. The van der Waals surface area contributed by atoms with Crippen LogP contribution in [0.1, 0.15) is 0 Å². The van der Waals surface area contributed by atoms with Gasteiger partial charge in [0.25, 0.3) is 5.56 Å². The van der Waals surface area contributed by atoms with Gasteiger partial charge < -0.3 is 9.32 Å². The van der Waals surface area contributed by atoms with Crippen molar-refractivity contribution in [3.05, 3.63) is 68.4 Å². The van der Waals surface area contributed by atoms with E-state index in [0.29, 0.717) is 10.7 Å². The van der Waals surface area contributed by atoms with Gasteiger partial charge in [-0.2, -0.15) is 0 Å². The smallest absolute Gasteiger partial charge is 0.409 e. The van der Waals surface area contributed by atoms with Gasteiger partial charge in [-0.15, -0.1) is 0 Å². The SMILES string of the molecule is CN(C)c1ccc(-n2c(=O)oc3ccc(Cl)cc3c2=O)cc1. The highest BCUT2D eigenvalue weighted by atomic mass is 35.5. The van der Waals surface area contributed by atoms with Gasteiger partial charge in [-0.3, -0.25) is 4.79 Å². The second-order valence-electron chi connectivity index (χ2n) is 5.06. The number of halogens is 1. The molecule has 0 amide bonds. The molecule has 0 atom stereocenters. The van der Waals surface area contributed by atoms with Crippen molar-refractivity contribution in [3.8, 4) is 5.69 Å².